The highest BCUT2D eigenvalue weighted by atomic mass is 15.4. The molecular formula is C10H17N5. The standard InChI is InChI=1S/C10H17N5/c1-6-8(9(11)12)10(15(3)13-6)14(2)7-4-5-7/h7H,4-5H2,1-3H3,(H3,11,12). The smallest absolute Gasteiger partial charge is 0.137 e. The number of nitrogens with one attached hydrogen (secondary N) is 1. The molecule has 1 aromatic rings. The van der Waals surface area contributed by atoms with Crippen molar-refractivity contribution in [2.75, 3.05) is 11.9 Å². The van der Waals surface area contributed by atoms with E-state index in [9.17, 15) is 0 Å². The molecule has 0 bridgehead atoms. The molecular weight excluding hydrogens is 190 g/mol. The first-order valence-corrected chi connectivity index (χ1v) is 5.13. The summed E-state index contributed by atoms with van der Waals surface area (Å²) in [5, 5.41) is 11.9. The van der Waals surface area contributed by atoms with Gasteiger partial charge in [0.05, 0.1) is 11.3 Å². The van der Waals surface area contributed by atoms with E-state index in [4.69, 9.17) is 11.1 Å². The summed E-state index contributed by atoms with van der Waals surface area (Å²) in [7, 11) is 3.94. The largest absolute Gasteiger partial charge is 0.384 e. The van der Waals surface area contributed by atoms with Crippen LogP contribution < -0.4 is 10.6 Å². The Labute approximate surface area is 89.4 Å². The molecule has 0 saturated heterocycles. The van der Waals surface area contributed by atoms with Gasteiger partial charge in [0.15, 0.2) is 0 Å². The van der Waals surface area contributed by atoms with Gasteiger partial charge in [0, 0.05) is 20.1 Å². The summed E-state index contributed by atoms with van der Waals surface area (Å²) in [6.07, 6.45) is 2.44. The van der Waals surface area contributed by atoms with E-state index >= 15 is 0 Å². The molecule has 0 aromatic carbocycles. The first-order valence-electron chi connectivity index (χ1n) is 5.13. The Balaban J connectivity index is 2.47. The zero-order chi connectivity index (χ0) is 11.2. The maximum Gasteiger partial charge on any atom is 0.137 e. The Hall–Kier alpha value is -1.52. The third kappa shape index (κ3) is 1.58. The summed E-state index contributed by atoms with van der Waals surface area (Å²) in [5.74, 6) is 1.06. The maximum atomic E-state index is 7.58. The zero-order valence-corrected chi connectivity index (χ0v) is 9.41. The van der Waals surface area contributed by atoms with Gasteiger partial charge in [-0.3, -0.25) is 10.1 Å². The molecule has 1 saturated carbocycles. The second-order valence-electron chi connectivity index (χ2n) is 4.16. The van der Waals surface area contributed by atoms with Gasteiger partial charge in [-0.2, -0.15) is 5.10 Å². The monoisotopic (exact) mass is 207 g/mol. The van der Waals surface area contributed by atoms with Crippen LogP contribution in [0.3, 0.4) is 0 Å². The van der Waals surface area contributed by atoms with Crippen molar-refractivity contribution in [2.24, 2.45) is 12.8 Å². The Morgan fingerprint density at radius 2 is 2.20 bits per heavy atom. The number of amidine groups is 1. The molecule has 0 atom stereocenters. The molecule has 15 heavy (non-hydrogen) atoms. The number of hydrogen-bond donors (Lipinski definition) is 2. The Morgan fingerprint density at radius 3 is 2.67 bits per heavy atom. The van der Waals surface area contributed by atoms with E-state index in [0.29, 0.717) is 6.04 Å². The highest BCUT2D eigenvalue weighted by molar-refractivity contribution is 6.01. The lowest BCUT2D eigenvalue weighted by Crippen LogP contribution is -2.25. The Morgan fingerprint density at radius 1 is 1.60 bits per heavy atom. The number of anilines is 1. The van der Waals surface area contributed by atoms with E-state index in [-0.39, 0.29) is 5.84 Å². The van der Waals surface area contributed by atoms with Gasteiger partial charge in [-0.15, -0.1) is 0 Å². The summed E-state index contributed by atoms with van der Waals surface area (Å²) >= 11 is 0. The molecule has 0 radical (unpaired) electrons. The van der Waals surface area contributed by atoms with Crippen LogP contribution in [0.1, 0.15) is 24.1 Å². The summed E-state index contributed by atoms with van der Waals surface area (Å²) in [4.78, 5) is 2.18. The van der Waals surface area contributed by atoms with E-state index in [2.05, 4.69) is 10.00 Å². The molecule has 82 valence electrons. The quantitative estimate of drug-likeness (QED) is 0.563. The molecule has 1 aromatic heterocycles. The van der Waals surface area contributed by atoms with E-state index in [1.165, 1.54) is 12.8 Å². The Bertz CT molecular complexity index is 402. The van der Waals surface area contributed by atoms with Crippen LogP contribution in [0.25, 0.3) is 0 Å². The minimum absolute atomic E-state index is 0.100. The van der Waals surface area contributed by atoms with Crippen LogP contribution in [0.4, 0.5) is 5.82 Å². The SMILES string of the molecule is Cc1nn(C)c(N(C)C2CC2)c1C(=N)N. The van der Waals surface area contributed by atoms with Gasteiger partial charge in [-0.1, -0.05) is 0 Å². The normalized spacial score (nSPS) is 15.4. The summed E-state index contributed by atoms with van der Waals surface area (Å²) in [6, 6.07) is 0.595. The fraction of sp³-hybridized carbons (Fsp3) is 0.600. The lowest BCUT2D eigenvalue weighted by Gasteiger charge is -2.20. The van der Waals surface area contributed by atoms with Gasteiger partial charge in [0.25, 0.3) is 0 Å². The third-order valence-electron chi connectivity index (χ3n) is 2.89. The lowest BCUT2D eigenvalue weighted by molar-refractivity contribution is 0.725. The van der Waals surface area contributed by atoms with E-state index < -0.39 is 0 Å². The van der Waals surface area contributed by atoms with Crippen molar-refractivity contribution in [1.82, 2.24) is 9.78 Å². The highest BCUT2D eigenvalue weighted by Crippen LogP contribution is 2.32. The summed E-state index contributed by atoms with van der Waals surface area (Å²) in [6.45, 7) is 1.89. The van der Waals surface area contributed by atoms with Crippen molar-refractivity contribution in [3.63, 3.8) is 0 Å². The molecule has 0 unspecified atom stereocenters. The van der Waals surface area contributed by atoms with E-state index in [1.807, 2.05) is 25.7 Å². The highest BCUT2D eigenvalue weighted by Gasteiger charge is 2.30. The van der Waals surface area contributed by atoms with Crippen molar-refractivity contribution in [1.29, 1.82) is 5.41 Å². The van der Waals surface area contributed by atoms with Gasteiger partial charge < -0.3 is 10.6 Å². The van der Waals surface area contributed by atoms with Gasteiger partial charge in [-0.25, -0.2) is 0 Å². The maximum absolute atomic E-state index is 7.58. The van der Waals surface area contributed by atoms with Crippen molar-refractivity contribution in [2.45, 2.75) is 25.8 Å². The molecule has 0 spiro atoms. The summed E-state index contributed by atoms with van der Waals surface area (Å²) in [5.41, 5.74) is 7.19. The van der Waals surface area contributed by atoms with Crippen LogP contribution in [-0.4, -0.2) is 28.7 Å². The molecule has 5 nitrogen and oxygen atoms in total. The molecule has 3 N–H and O–H groups in total. The fourth-order valence-electron chi connectivity index (χ4n) is 2.00. The first-order chi connectivity index (χ1) is 7.02. The molecule has 2 rings (SSSR count). The van der Waals surface area contributed by atoms with Crippen molar-refractivity contribution in [3.8, 4) is 0 Å². The van der Waals surface area contributed by atoms with Crippen LogP contribution >= 0.6 is 0 Å². The van der Waals surface area contributed by atoms with Crippen LogP contribution in [0, 0.1) is 12.3 Å². The molecule has 0 amide bonds. The van der Waals surface area contributed by atoms with Gasteiger partial charge in [0.2, 0.25) is 0 Å². The van der Waals surface area contributed by atoms with Gasteiger partial charge >= 0.3 is 0 Å². The second kappa shape index (κ2) is 3.25. The lowest BCUT2D eigenvalue weighted by atomic mass is 10.2. The van der Waals surface area contributed by atoms with Gasteiger partial charge in [-0.05, 0) is 19.8 Å². The van der Waals surface area contributed by atoms with Crippen LogP contribution in [0.5, 0.6) is 0 Å². The number of nitrogen functional groups attached to an aromatic ring is 1. The van der Waals surface area contributed by atoms with Crippen LogP contribution in [-0.2, 0) is 7.05 Å². The van der Waals surface area contributed by atoms with Crippen molar-refractivity contribution in [3.05, 3.63) is 11.3 Å². The predicted molar refractivity (Wildman–Crippen MR) is 60.4 cm³/mol. The molecule has 1 aliphatic carbocycles. The van der Waals surface area contributed by atoms with E-state index in [1.54, 1.807) is 0 Å². The number of hydrogen-bond acceptors (Lipinski definition) is 3. The topological polar surface area (TPSA) is 70.9 Å². The first kappa shape index (κ1) is 10.0. The number of aryl methyl sites for hydroxylation is 2. The molecule has 1 fully saturated rings. The average Bonchev–Trinajstić information content (AvgIpc) is 2.90. The summed E-state index contributed by atoms with van der Waals surface area (Å²) < 4.78 is 1.81. The average molecular weight is 207 g/mol. The Kier molecular flexibility index (Phi) is 2.17. The molecule has 1 aliphatic rings. The van der Waals surface area contributed by atoms with Crippen LogP contribution in [0.15, 0.2) is 0 Å². The molecule has 0 aliphatic heterocycles. The minimum atomic E-state index is 0.100. The van der Waals surface area contributed by atoms with Crippen LogP contribution in [0.2, 0.25) is 0 Å². The zero-order valence-electron chi connectivity index (χ0n) is 9.41. The number of nitrogens with zero attached hydrogens (tertiary/aromatic N) is 3. The van der Waals surface area contributed by atoms with E-state index in [0.717, 1.165) is 17.1 Å². The molecule has 5 heteroatoms. The third-order valence-corrected chi connectivity index (χ3v) is 2.89. The van der Waals surface area contributed by atoms with Crippen molar-refractivity contribution >= 4 is 11.7 Å². The fourth-order valence-corrected chi connectivity index (χ4v) is 2.00. The minimum Gasteiger partial charge on any atom is -0.384 e. The number of aromatic nitrogens is 2. The van der Waals surface area contributed by atoms with Gasteiger partial charge in [0.1, 0.15) is 11.7 Å². The number of nitrogens with two attached hydrogens (primary N) is 1. The predicted octanol–water partition coefficient (Wildman–Crippen LogP) is 0.611. The van der Waals surface area contributed by atoms with Crippen molar-refractivity contribution < 1.29 is 0 Å². The molecule has 1 heterocycles. The second-order valence-corrected chi connectivity index (χ2v) is 4.16. The number of rotatable bonds is 3.